The monoisotopic (exact) mass is 359 g/mol. The van der Waals surface area contributed by atoms with E-state index in [0.717, 1.165) is 36.4 Å². The highest BCUT2D eigenvalue weighted by Crippen LogP contribution is 2.32. The molecule has 0 aromatic carbocycles. The number of amides is 2. The molecule has 0 radical (unpaired) electrons. The Kier molecular flexibility index (Phi) is 5.27. The predicted molar refractivity (Wildman–Crippen MR) is 99.6 cm³/mol. The number of rotatable bonds is 4. The lowest BCUT2D eigenvalue weighted by Crippen LogP contribution is -2.38. The summed E-state index contributed by atoms with van der Waals surface area (Å²) in [6, 6.07) is 7.90. The molecule has 0 spiro atoms. The quantitative estimate of drug-likeness (QED) is 0.906. The first-order chi connectivity index (χ1) is 12.0. The van der Waals surface area contributed by atoms with Gasteiger partial charge in [0.15, 0.2) is 0 Å². The van der Waals surface area contributed by atoms with E-state index in [-0.39, 0.29) is 23.9 Å². The number of hydrogen-bond donors (Lipinski definition) is 1. The van der Waals surface area contributed by atoms with Gasteiger partial charge in [0.2, 0.25) is 5.91 Å². The lowest BCUT2D eigenvalue weighted by atomic mass is 9.99. The summed E-state index contributed by atoms with van der Waals surface area (Å²) < 4.78 is 1.93. The summed E-state index contributed by atoms with van der Waals surface area (Å²) in [6.45, 7) is 4.41. The van der Waals surface area contributed by atoms with Crippen LogP contribution in [-0.4, -0.2) is 27.8 Å². The fourth-order valence-electron chi connectivity index (χ4n) is 3.58. The smallest absolute Gasteiger partial charge is 0.268 e. The number of piperidine rings is 1. The van der Waals surface area contributed by atoms with E-state index in [1.54, 1.807) is 18.3 Å². The number of thiophene rings is 1. The molecule has 0 bridgehead atoms. The molecule has 2 atom stereocenters. The molecule has 1 fully saturated rings. The highest BCUT2D eigenvalue weighted by Gasteiger charge is 2.29. The van der Waals surface area contributed by atoms with Gasteiger partial charge in [0, 0.05) is 31.1 Å². The van der Waals surface area contributed by atoms with Gasteiger partial charge in [-0.3, -0.25) is 9.59 Å². The molecule has 1 saturated heterocycles. The second kappa shape index (κ2) is 7.44. The lowest BCUT2D eigenvalue weighted by Gasteiger charge is -2.35. The van der Waals surface area contributed by atoms with Gasteiger partial charge in [0.25, 0.3) is 5.91 Å². The first-order valence-electron chi connectivity index (χ1n) is 8.76. The van der Waals surface area contributed by atoms with Gasteiger partial charge in [-0.05, 0) is 49.8 Å². The fourth-order valence-corrected chi connectivity index (χ4v) is 4.32. The Morgan fingerprint density at radius 2 is 2.08 bits per heavy atom. The Balaban J connectivity index is 1.78. The molecule has 1 N–H and O–H groups in total. The zero-order valence-electron chi connectivity index (χ0n) is 15.0. The van der Waals surface area contributed by atoms with Crippen LogP contribution in [-0.2, 0) is 11.8 Å². The van der Waals surface area contributed by atoms with E-state index in [9.17, 15) is 9.59 Å². The molecular weight excluding hydrogens is 334 g/mol. The van der Waals surface area contributed by atoms with E-state index in [1.807, 2.05) is 53.1 Å². The number of carbonyl (C=O) groups is 2. The third kappa shape index (κ3) is 3.63. The van der Waals surface area contributed by atoms with E-state index >= 15 is 0 Å². The van der Waals surface area contributed by atoms with E-state index in [2.05, 4.69) is 5.32 Å². The Bertz CT molecular complexity index is 751. The Labute approximate surface area is 152 Å². The summed E-state index contributed by atoms with van der Waals surface area (Å²) >= 11 is 1.64. The first-order valence-corrected chi connectivity index (χ1v) is 9.64. The van der Waals surface area contributed by atoms with Crippen molar-refractivity contribution in [2.45, 2.75) is 45.2 Å². The van der Waals surface area contributed by atoms with E-state index < -0.39 is 0 Å². The van der Waals surface area contributed by atoms with Crippen LogP contribution in [0, 0.1) is 0 Å². The third-order valence-corrected chi connectivity index (χ3v) is 6.01. The van der Waals surface area contributed by atoms with Crippen LogP contribution in [0.2, 0.25) is 0 Å². The molecule has 2 aromatic heterocycles. The summed E-state index contributed by atoms with van der Waals surface area (Å²) in [7, 11) is 1.91. The van der Waals surface area contributed by atoms with Crippen molar-refractivity contribution in [3.63, 3.8) is 0 Å². The normalized spacial score (nSPS) is 18.8. The molecule has 0 unspecified atom stereocenters. The number of nitrogens with zero attached hydrogens (tertiary/aromatic N) is 2. The lowest BCUT2D eigenvalue weighted by molar-refractivity contribution is -0.132. The van der Waals surface area contributed by atoms with Crippen LogP contribution < -0.4 is 5.32 Å². The van der Waals surface area contributed by atoms with Gasteiger partial charge in [-0.25, -0.2) is 0 Å². The van der Waals surface area contributed by atoms with Crippen molar-refractivity contribution < 1.29 is 9.59 Å². The standard InChI is InChI=1S/C19H25N3O2S/c1-13(18-8-6-12-25-18)20-19(24)17-10-9-15(21(17)3)16-7-4-5-11-22(16)14(2)23/h6,8-10,12-13,16H,4-5,7,11H2,1-3H3,(H,20,24)/t13-,16+/m0/s1. The summed E-state index contributed by atoms with van der Waals surface area (Å²) in [4.78, 5) is 27.7. The predicted octanol–water partition coefficient (Wildman–Crippen LogP) is 3.65. The molecule has 25 heavy (non-hydrogen) atoms. The van der Waals surface area contributed by atoms with Crippen molar-refractivity contribution >= 4 is 23.2 Å². The SMILES string of the molecule is CC(=O)N1CCCC[C@@H]1c1ccc(C(=O)N[C@@H](C)c2cccs2)n1C. The van der Waals surface area contributed by atoms with Crippen molar-refractivity contribution in [2.75, 3.05) is 6.54 Å². The summed E-state index contributed by atoms with van der Waals surface area (Å²) in [5, 5.41) is 5.07. The number of hydrogen-bond acceptors (Lipinski definition) is 3. The first kappa shape index (κ1) is 17.7. The number of carbonyl (C=O) groups excluding carboxylic acids is 2. The largest absolute Gasteiger partial charge is 0.343 e. The summed E-state index contributed by atoms with van der Waals surface area (Å²) in [5.41, 5.74) is 1.66. The van der Waals surface area contributed by atoms with Gasteiger partial charge in [0.1, 0.15) is 5.69 Å². The van der Waals surface area contributed by atoms with Gasteiger partial charge in [0.05, 0.1) is 12.1 Å². The molecule has 134 valence electrons. The van der Waals surface area contributed by atoms with Crippen LogP contribution >= 0.6 is 11.3 Å². The molecule has 0 saturated carbocycles. The van der Waals surface area contributed by atoms with Crippen molar-refractivity contribution in [3.8, 4) is 0 Å². The second-order valence-electron chi connectivity index (χ2n) is 6.64. The van der Waals surface area contributed by atoms with Crippen LogP contribution in [0.3, 0.4) is 0 Å². The van der Waals surface area contributed by atoms with E-state index in [1.165, 1.54) is 0 Å². The average molecular weight is 359 g/mol. The van der Waals surface area contributed by atoms with Crippen molar-refractivity contribution in [1.29, 1.82) is 0 Å². The number of nitrogens with one attached hydrogen (secondary N) is 1. The maximum absolute atomic E-state index is 12.7. The highest BCUT2D eigenvalue weighted by atomic mass is 32.1. The van der Waals surface area contributed by atoms with E-state index in [0.29, 0.717) is 5.69 Å². The average Bonchev–Trinajstić information content (AvgIpc) is 3.24. The molecule has 1 aliphatic heterocycles. The van der Waals surface area contributed by atoms with Crippen LogP contribution in [0.1, 0.15) is 66.3 Å². The number of aromatic nitrogens is 1. The Morgan fingerprint density at radius 1 is 1.28 bits per heavy atom. The molecule has 3 rings (SSSR count). The topological polar surface area (TPSA) is 54.3 Å². The molecule has 5 nitrogen and oxygen atoms in total. The zero-order chi connectivity index (χ0) is 18.0. The molecule has 6 heteroatoms. The van der Waals surface area contributed by atoms with E-state index in [4.69, 9.17) is 0 Å². The van der Waals surface area contributed by atoms with Crippen LogP contribution in [0.15, 0.2) is 29.6 Å². The van der Waals surface area contributed by atoms with Crippen molar-refractivity contribution in [2.24, 2.45) is 7.05 Å². The molecule has 0 aliphatic carbocycles. The molecule has 2 aromatic rings. The second-order valence-corrected chi connectivity index (χ2v) is 7.62. The minimum Gasteiger partial charge on any atom is -0.343 e. The van der Waals surface area contributed by atoms with Crippen molar-refractivity contribution in [1.82, 2.24) is 14.8 Å². The van der Waals surface area contributed by atoms with Crippen LogP contribution in [0.4, 0.5) is 0 Å². The summed E-state index contributed by atoms with van der Waals surface area (Å²) in [6.07, 6.45) is 3.10. The Morgan fingerprint density at radius 3 is 2.76 bits per heavy atom. The van der Waals surface area contributed by atoms with Gasteiger partial charge in [-0.15, -0.1) is 11.3 Å². The third-order valence-electron chi connectivity index (χ3n) is 4.96. The van der Waals surface area contributed by atoms with Crippen molar-refractivity contribution in [3.05, 3.63) is 45.9 Å². The number of likely N-dealkylation sites (tertiary alicyclic amines) is 1. The minimum absolute atomic E-state index is 0.0192. The van der Waals surface area contributed by atoms with Gasteiger partial charge in [-0.2, -0.15) is 0 Å². The minimum atomic E-state index is -0.0835. The van der Waals surface area contributed by atoms with Crippen LogP contribution in [0.5, 0.6) is 0 Å². The molecule has 2 amide bonds. The Hall–Kier alpha value is -2.08. The fraction of sp³-hybridized carbons (Fsp3) is 0.474. The molecule has 3 heterocycles. The maximum Gasteiger partial charge on any atom is 0.268 e. The molecule has 1 aliphatic rings. The molecular formula is C19H25N3O2S. The highest BCUT2D eigenvalue weighted by molar-refractivity contribution is 7.10. The van der Waals surface area contributed by atoms with Gasteiger partial charge < -0.3 is 14.8 Å². The van der Waals surface area contributed by atoms with Gasteiger partial charge >= 0.3 is 0 Å². The van der Waals surface area contributed by atoms with Crippen LogP contribution in [0.25, 0.3) is 0 Å². The summed E-state index contributed by atoms with van der Waals surface area (Å²) in [5.74, 6) is 0.0167. The van der Waals surface area contributed by atoms with Gasteiger partial charge in [-0.1, -0.05) is 6.07 Å². The maximum atomic E-state index is 12.7. The zero-order valence-corrected chi connectivity index (χ0v) is 15.8.